The van der Waals surface area contributed by atoms with Crippen molar-refractivity contribution in [2.45, 2.75) is 20.8 Å². The van der Waals surface area contributed by atoms with Gasteiger partial charge in [-0.3, -0.25) is 9.59 Å². The van der Waals surface area contributed by atoms with E-state index in [0.717, 1.165) is 0 Å². The van der Waals surface area contributed by atoms with Crippen molar-refractivity contribution in [1.82, 2.24) is 5.32 Å². The number of hydrogen-bond donors (Lipinski definition) is 1. The van der Waals surface area contributed by atoms with Crippen LogP contribution in [0.4, 0.5) is 0 Å². The van der Waals surface area contributed by atoms with Crippen LogP contribution >= 0.6 is 0 Å². The number of carbonyl (C=O) groups is 2. The van der Waals surface area contributed by atoms with E-state index in [1.54, 1.807) is 32.9 Å². The Morgan fingerprint density at radius 2 is 2.07 bits per heavy atom. The second kappa shape index (κ2) is 4.77. The van der Waals surface area contributed by atoms with E-state index in [9.17, 15) is 9.59 Å². The largest absolute Gasteiger partial charge is 0.456 e. The van der Waals surface area contributed by atoms with Crippen LogP contribution in [0.15, 0.2) is 16.5 Å². The quantitative estimate of drug-likeness (QED) is 0.818. The molecule has 4 nitrogen and oxygen atoms in total. The van der Waals surface area contributed by atoms with Gasteiger partial charge in [-0.2, -0.15) is 0 Å². The van der Waals surface area contributed by atoms with Crippen molar-refractivity contribution in [3.8, 4) is 0 Å². The van der Waals surface area contributed by atoms with Crippen LogP contribution in [0, 0.1) is 12.8 Å². The molecule has 0 aliphatic carbocycles. The highest BCUT2D eigenvalue weighted by Gasteiger charge is 2.12. The summed E-state index contributed by atoms with van der Waals surface area (Å²) >= 11 is 0. The summed E-state index contributed by atoms with van der Waals surface area (Å²) in [5.74, 6) is 0.506. The normalized spacial score (nSPS) is 10.4. The van der Waals surface area contributed by atoms with Crippen LogP contribution in [0.25, 0.3) is 0 Å². The average molecular weight is 209 g/mol. The second-order valence-electron chi connectivity index (χ2n) is 3.71. The fourth-order valence-corrected chi connectivity index (χ4v) is 1.02. The Morgan fingerprint density at radius 3 is 2.53 bits per heavy atom. The molecule has 1 rings (SSSR count). The molecule has 82 valence electrons. The van der Waals surface area contributed by atoms with Crippen molar-refractivity contribution >= 4 is 11.7 Å². The minimum atomic E-state index is -0.350. The van der Waals surface area contributed by atoms with Crippen molar-refractivity contribution in [2.75, 3.05) is 6.54 Å². The molecule has 1 aromatic rings. The van der Waals surface area contributed by atoms with Gasteiger partial charge in [-0.1, -0.05) is 13.8 Å². The average Bonchev–Trinajstić information content (AvgIpc) is 2.60. The monoisotopic (exact) mass is 209 g/mol. The third kappa shape index (κ3) is 3.23. The first kappa shape index (κ1) is 11.5. The lowest BCUT2D eigenvalue weighted by molar-refractivity contribution is -0.120. The first-order valence-electron chi connectivity index (χ1n) is 4.88. The standard InChI is InChI=1S/C11H15NO3/c1-7(2)9(13)6-12-11(14)10-5-4-8(3)15-10/h4-5,7H,6H2,1-3H3,(H,12,14). The first-order chi connectivity index (χ1) is 7.00. The van der Waals surface area contributed by atoms with Crippen LogP contribution in [-0.2, 0) is 4.79 Å². The number of amides is 1. The number of hydrogen-bond acceptors (Lipinski definition) is 3. The molecule has 0 saturated carbocycles. The van der Waals surface area contributed by atoms with Gasteiger partial charge < -0.3 is 9.73 Å². The topological polar surface area (TPSA) is 59.3 Å². The molecule has 0 atom stereocenters. The van der Waals surface area contributed by atoms with E-state index in [1.807, 2.05) is 0 Å². The smallest absolute Gasteiger partial charge is 0.287 e. The minimum absolute atomic E-state index is 0.00614. The minimum Gasteiger partial charge on any atom is -0.456 e. The summed E-state index contributed by atoms with van der Waals surface area (Å²) in [5.41, 5.74) is 0. The highest BCUT2D eigenvalue weighted by atomic mass is 16.3. The lowest BCUT2D eigenvalue weighted by atomic mass is 10.1. The van der Waals surface area contributed by atoms with Gasteiger partial charge in [0.15, 0.2) is 11.5 Å². The number of aryl methyl sites for hydroxylation is 1. The Labute approximate surface area is 88.7 Å². The molecule has 0 radical (unpaired) electrons. The Hall–Kier alpha value is -1.58. The molecule has 1 aromatic heterocycles. The molecule has 0 aliphatic rings. The highest BCUT2D eigenvalue weighted by molar-refractivity contribution is 5.94. The fraction of sp³-hybridized carbons (Fsp3) is 0.455. The van der Waals surface area contributed by atoms with Gasteiger partial charge in [0.05, 0.1) is 6.54 Å². The third-order valence-corrected chi connectivity index (χ3v) is 2.03. The zero-order chi connectivity index (χ0) is 11.4. The van der Waals surface area contributed by atoms with Gasteiger partial charge in [0.1, 0.15) is 5.76 Å². The second-order valence-corrected chi connectivity index (χ2v) is 3.71. The third-order valence-electron chi connectivity index (χ3n) is 2.03. The lowest BCUT2D eigenvalue weighted by Gasteiger charge is -2.04. The predicted octanol–water partition coefficient (Wildman–Crippen LogP) is 1.54. The van der Waals surface area contributed by atoms with Crippen LogP contribution in [0.1, 0.15) is 30.2 Å². The van der Waals surface area contributed by atoms with E-state index in [1.165, 1.54) is 0 Å². The number of nitrogens with one attached hydrogen (secondary N) is 1. The molecular weight excluding hydrogens is 194 g/mol. The molecule has 0 saturated heterocycles. The molecule has 1 heterocycles. The summed E-state index contributed by atoms with van der Waals surface area (Å²) in [6.45, 7) is 5.41. The molecule has 0 bridgehead atoms. The Kier molecular flexibility index (Phi) is 3.66. The molecule has 0 aromatic carbocycles. The van der Waals surface area contributed by atoms with Gasteiger partial charge in [-0.05, 0) is 19.1 Å². The van der Waals surface area contributed by atoms with Crippen molar-refractivity contribution in [3.63, 3.8) is 0 Å². The van der Waals surface area contributed by atoms with Crippen LogP contribution in [0.3, 0.4) is 0 Å². The Bertz CT molecular complexity index is 366. The predicted molar refractivity (Wildman–Crippen MR) is 55.6 cm³/mol. The number of furan rings is 1. The van der Waals surface area contributed by atoms with Gasteiger partial charge in [0, 0.05) is 5.92 Å². The van der Waals surface area contributed by atoms with E-state index in [2.05, 4.69) is 5.32 Å². The molecule has 0 spiro atoms. The molecular formula is C11H15NO3. The van der Waals surface area contributed by atoms with Crippen LogP contribution in [-0.4, -0.2) is 18.2 Å². The van der Waals surface area contributed by atoms with E-state index < -0.39 is 0 Å². The Balaban J connectivity index is 2.47. The van der Waals surface area contributed by atoms with Crippen LogP contribution < -0.4 is 5.32 Å². The van der Waals surface area contributed by atoms with E-state index in [4.69, 9.17) is 4.42 Å². The van der Waals surface area contributed by atoms with Crippen LogP contribution in [0.2, 0.25) is 0 Å². The lowest BCUT2D eigenvalue weighted by Crippen LogP contribution is -2.31. The van der Waals surface area contributed by atoms with Crippen molar-refractivity contribution in [1.29, 1.82) is 0 Å². The van der Waals surface area contributed by atoms with E-state index in [-0.39, 0.29) is 29.9 Å². The molecule has 1 amide bonds. The van der Waals surface area contributed by atoms with Gasteiger partial charge in [-0.15, -0.1) is 0 Å². The molecule has 0 unspecified atom stereocenters. The molecule has 0 aliphatic heterocycles. The summed E-state index contributed by atoms with van der Waals surface area (Å²) in [5, 5.41) is 2.51. The molecule has 1 N–H and O–H groups in total. The maximum Gasteiger partial charge on any atom is 0.287 e. The summed E-state index contributed by atoms with van der Waals surface area (Å²) in [6.07, 6.45) is 0. The summed E-state index contributed by atoms with van der Waals surface area (Å²) in [4.78, 5) is 22.7. The molecule has 0 fully saturated rings. The highest BCUT2D eigenvalue weighted by Crippen LogP contribution is 2.05. The zero-order valence-corrected chi connectivity index (χ0v) is 9.16. The number of ketones is 1. The number of carbonyl (C=O) groups excluding carboxylic acids is 2. The zero-order valence-electron chi connectivity index (χ0n) is 9.16. The van der Waals surface area contributed by atoms with Gasteiger partial charge in [-0.25, -0.2) is 0 Å². The van der Waals surface area contributed by atoms with Crippen molar-refractivity contribution in [2.24, 2.45) is 5.92 Å². The maximum absolute atomic E-state index is 11.4. The van der Waals surface area contributed by atoms with E-state index >= 15 is 0 Å². The fourth-order valence-electron chi connectivity index (χ4n) is 1.02. The van der Waals surface area contributed by atoms with Crippen molar-refractivity contribution < 1.29 is 14.0 Å². The summed E-state index contributed by atoms with van der Waals surface area (Å²) in [6, 6.07) is 3.30. The maximum atomic E-state index is 11.4. The Morgan fingerprint density at radius 1 is 1.40 bits per heavy atom. The summed E-state index contributed by atoms with van der Waals surface area (Å²) < 4.78 is 5.11. The van der Waals surface area contributed by atoms with E-state index in [0.29, 0.717) is 5.76 Å². The van der Waals surface area contributed by atoms with Gasteiger partial charge in [0.25, 0.3) is 5.91 Å². The van der Waals surface area contributed by atoms with Crippen molar-refractivity contribution in [3.05, 3.63) is 23.7 Å². The SMILES string of the molecule is Cc1ccc(C(=O)NCC(=O)C(C)C)o1. The molecule has 15 heavy (non-hydrogen) atoms. The van der Waals surface area contributed by atoms with Gasteiger partial charge in [0.2, 0.25) is 0 Å². The summed E-state index contributed by atoms with van der Waals surface area (Å²) in [7, 11) is 0. The number of Topliss-reactive ketones (excluding diaryl/α,β-unsaturated/α-hetero) is 1. The first-order valence-corrected chi connectivity index (χ1v) is 4.88. The van der Waals surface area contributed by atoms with Gasteiger partial charge >= 0.3 is 0 Å². The molecule has 4 heteroatoms. The van der Waals surface area contributed by atoms with Crippen LogP contribution in [0.5, 0.6) is 0 Å². The number of rotatable bonds is 4.